The van der Waals surface area contributed by atoms with E-state index in [4.69, 9.17) is 0 Å². The number of hydrogen-bond acceptors (Lipinski definition) is 5. The zero-order valence-electron chi connectivity index (χ0n) is 17.8. The molecule has 1 aliphatic rings. The van der Waals surface area contributed by atoms with Gasteiger partial charge in [0.25, 0.3) is 5.91 Å². The summed E-state index contributed by atoms with van der Waals surface area (Å²) in [5.41, 5.74) is 2.01. The minimum atomic E-state index is -4.73. The zero-order valence-corrected chi connectivity index (χ0v) is 17.8. The number of likely N-dealkylation sites (N-methyl/N-ethyl adjacent to an activating group) is 1. The first-order valence-electron chi connectivity index (χ1n) is 10.2. The normalized spacial score (nSPS) is 15.2. The van der Waals surface area contributed by atoms with Crippen molar-refractivity contribution in [3.8, 4) is 5.75 Å². The molecule has 1 fully saturated rings. The van der Waals surface area contributed by atoms with Gasteiger partial charge in [-0.05, 0) is 42.9 Å². The van der Waals surface area contributed by atoms with Gasteiger partial charge in [0.05, 0.1) is 5.52 Å². The molecular weight excluding hydrogens is 423 g/mol. The highest BCUT2D eigenvalue weighted by Crippen LogP contribution is 2.27. The van der Waals surface area contributed by atoms with Crippen LogP contribution in [0.4, 0.5) is 19.0 Å². The molecule has 0 radical (unpaired) electrons. The Morgan fingerprint density at radius 3 is 2.41 bits per heavy atom. The van der Waals surface area contributed by atoms with Crippen molar-refractivity contribution in [2.75, 3.05) is 38.1 Å². The van der Waals surface area contributed by atoms with Crippen molar-refractivity contribution < 1.29 is 22.7 Å². The summed E-state index contributed by atoms with van der Waals surface area (Å²) in [5, 5.41) is 8.46. The zero-order chi connectivity index (χ0) is 22.9. The van der Waals surface area contributed by atoms with Gasteiger partial charge in [-0.2, -0.15) is 5.10 Å². The Morgan fingerprint density at radius 1 is 1.06 bits per heavy atom. The fourth-order valence-corrected chi connectivity index (χ4v) is 3.72. The van der Waals surface area contributed by atoms with Crippen LogP contribution >= 0.6 is 0 Å². The second kappa shape index (κ2) is 8.70. The number of carbonyl (C=O) groups is 1. The second-order valence-corrected chi connectivity index (χ2v) is 7.84. The standard InChI is InChI=1S/C22H24F3N5O2/c1-28-9-11-30(12-10-28)20-18-8-5-16(13-19(18)29(2)27-20)21(31)26-14-15-3-6-17(7-4-15)32-22(23,24)25/h3-8,13H,9-12,14H2,1-2H3,(H,26,31). The lowest BCUT2D eigenvalue weighted by molar-refractivity contribution is -0.274. The van der Waals surface area contributed by atoms with E-state index in [1.807, 2.05) is 13.1 Å². The fourth-order valence-electron chi connectivity index (χ4n) is 3.72. The number of aryl methyl sites for hydroxylation is 1. The number of alkyl halides is 3. The van der Waals surface area contributed by atoms with Crippen molar-refractivity contribution in [3.05, 3.63) is 53.6 Å². The van der Waals surface area contributed by atoms with Crippen LogP contribution in [0.1, 0.15) is 15.9 Å². The van der Waals surface area contributed by atoms with E-state index in [9.17, 15) is 18.0 Å². The number of fused-ring (bicyclic) bond motifs is 1. The largest absolute Gasteiger partial charge is 0.573 e. The van der Waals surface area contributed by atoms with E-state index in [-0.39, 0.29) is 18.2 Å². The molecule has 0 unspecified atom stereocenters. The van der Waals surface area contributed by atoms with Gasteiger partial charge < -0.3 is 19.9 Å². The predicted octanol–water partition coefficient (Wildman–Crippen LogP) is 3.15. The molecule has 10 heteroatoms. The van der Waals surface area contributed by atoms with Crippen LogP contribution in [-0.4, -0.2) is 60.2 Å². The van der Waals surface area contributed by atoms with Crippen molar-refractivity contribution in [1.29, 1.82) is 0 Å². The van der Waals surface area contributed by atoms with Crippen LogP contribution in [0.15, 0.2) is 42.5 Å². The summed E-state index contributed by atoms with van der Waals surface area (Å²) in [6.45, 7) is 3.93. The van der Waals surface area contributed by atoms with Crippen LogP contribution < -0.4 is 15.0 Å². The van der Waals surface area contributed by atoms with Crippen LogP contribution in [0.2, 0.25) is 0 Å². The number of ether oxygens (including phenoxy) is 1. The van der Waals surface area contributed by atoms with Gasteiger partial charge in [-0.25, -0.2) is 0 Å². The van der Waals surface area contributed by atoms with Crippen molar-refractivity contribution >= 4 is 22.6 Å². The van der Waals surface area contributed by atoms with Crippen LogP contribution in [0.5, 0.6) is 5.75 Å². The van der Waals surface area contributed by atoms with Gasteiger partial charge in [0.1, 0.15) is 5.75 Å². The number of anilines is 1. The molecule has 0 spiro atoms. The highest BCUT2D eigenvalue weighted by atomic mass is 19.4. The van der Waals surface area contributed by atoms with Gasteiger partial charge in [0.2, 0.25) is 0 Å². The minimum Gasteiger partial charge on any atom is -0.406 e. The second-order valence-electron chi connectivity index (χ2n) is 7.84. The highest BCUT2D eigenvalue weighted by Gasteiger charge is 2.31. The number of benzene rings is 2. The molecule has 3 aromatic rings. The van der Waals surface area contributed by atoms with Crippen molar-refractivity contribution in [3.63, 3.8) is 0 Å². The van der Waals surface area contributed by atoms with E-state index >= 15 is 0 Å². The lowest BCUT2D eigenvalue weighted by atomic mass is 10.1. The molecule has 2 aromatic carbocycles. The molecule has 0 atom stereocenters. The lowest BCUT2D eigenvalue weighted by Gasteiger charge is -2.32. The SMILES string of the molecule is CN1CCN(c2nn(C)c3cc(C(=O)NCc4ccc(OC(F)(F)F)cc4)ccc23)CC1. The molecular formula is C22H24F3N5O2. The van der Waals surface area contributed by atoms with Gasteiger partial charge >= 0.3 is 6.36 Å². The molecule has 2 heterocycles. The summed E-state index contributed by atoms with van der Waals surface area (Å²) >= 11 is 0. The number of halogens is 3. The van der Waals surface area contributed by atoms with Crippen molar-refractivity contribution in [1.82, 2.24) is 20.0 Å². The van der Waals surface area contributed by atoms with Crippen LogP contribution in [0.3, 0.4) is 0 Å². The molecule has 170 valence electrons. The first-order valence-corrected chi connectivity index (χ1v) is 10.2. The average Bonchev–Trinajstić information content (AvgIpc) is 3.08. The molecule has 1 N–H and O–H groups in total. The third kappa shape index (κ3) is 4.96. The average molecular weight is 447 g/mol. The number of hydrogen-bond donors (Lipinski definition) is 1. The Kier molecular flexibility index (Phi) is 5.96. The quantitative estimate of drug-likeness (QED) is 0.651. The number of piperazine rings is 1. The summed E-state index contributed by atoms with van der Waals surface area (Å²) in [6.07, 6.45) is -4.73. The van der Waals surface area contributed by atoms with E-state index in [2.05, 4.69) is 32.0 Å². The van der Waals surface area contributed by atoms with Crippen LogP contribution in [0, 0.1) is 0 Å². The van der Waals surface area contributed by atoms with Gasteiger partial charge in [-0.1, -0.05) is 12.1 Å². The molecule has 0 saturated carbocycles. The maximum atomic E-state index is 12.6. The number of nitrogens with one attached hydrogen (secondary N) is 1. The van der Waals surface area contributed by atoms with Crippen molar-refractivity contribution in [2.24, 2.45) is 7.05 Å². The number of carbonyl (C=O) groups excluding carboxylic acids is 1. The van der Waals surface area contributed by atoms with E-state index in [0.29, 0.717) is 11.1 Å². The molecule has 0 bridgehead atoms. The van der Waals surface area contributed by atoms with Crippen LogP contribution in [0.25, 0.3) is 10.9 Å². The Morgan fingerprint density at radius 2 is 1.75 bits per heavy atom. The predicted molar refractivity (Wildman–Crippen MR) is 115 cm³/mol. The van der Waals surface area contributed by atoms with E-state index in [1.165, 1.54) is 24.3 Å². The Hall–Kier alpha value is -3.27. The smallest absolute Gasteiger partial charge is 0.406 e. The molecule has 1 amide bonds. The topological polar surface area (TPSA) is 62.6 Å². The third-order valence-corrected chi connectivity index (χ3v) is 5.51. The first kappa shape index (κ1) is 21.9. The van der Waals surface area contributed by atoms with Gasteiger partial charge in [0, 0.05) is 50.7 Å². The molecule has 32 heavy (non-hydrogen) atoms. The van der Waals surface area contributed by atoms with E-state index < -0.39 is 6.36 Å². The molecule has 0 aliphatic carbocycles. The molecule has 1 saturated heterocycles. The lowest BCUT2D eigenvalue weighted by Crippen LogP contribution is -2.44. The highest BCUT2D eigenvalue weighted by molar-refractivity contribution is 6.00. The summed E-state index contributed by atoms with van der Waals surface area (Å²) in [4.78, 5) is 17.2. The summed E-state index contributed by atoms with van der Waals surface area (Å²) in [6, 6.07) is 10.9. The van der Waals surface area contributed by atoms with Gasteiger partial charge in [-0.15, -0.1) is 13.2 Å². The Balaban J connectivity index is 1.43. The van der Waals surface area contributed by atoms with Crippen LogP contribution in [-0.2, 0) is 13.6 Å². The Labute approximate surface area is 183 Å². The third-order valence-electron chi connectivity index (χ3n) is 5.51. The maximum absolute atomic E-state index is 12.6. The monoisotopic (exact) mass is 447 g/mol. The first-order chi connectivity index (χ1) is 15.2. The molecule has 7 nitrogen and oxygen atoms in total. The fraction of sp³-hybridized carbons (Fsp3) is 0.364. The van der Waals surface area contributed by atoms with Gasteiger partial charge in [-0.3, -0.25) is 9.48 Å². The number of aromatic nitrogens is 2. The number of amides is 1. The summed E-state index contributed by atoms with van der Waals surface area (Å²) in [7, 11) is 3.96. The molecule has 1 aliphatic heterocycles. The summed E-state index contributed by atoms with van der Waals surface area (Å²) in [5.74, 6) is 0.346. The Bertz CT molecular complexity index is 1100. The summed E-state index contributed by atoms with van der Waals surface area (Å²) < 4.78 is 42.4. The maximum Gasteiger partial charge on any atom is 0.573 e. The molecule has 1 aromatic heterocycles. The van der Waals surface area contributed by atoms with E-state index in [0.717, 1.165) is 42.9 Å². The number of rotatable bonds is 5. The minimum absolute atomic E-state index is 0.182. The number of nitrogens with zero attached hydrogens (tertiary/aromatic N) is 4. The molecule has 4 rings (SSSR count). The van der Waals surface area contributed by atoms with Crippen molar-refractivity contribution in [2.45, 2.75) is 12.9 Å². The van der Waals surface area contributed by atoms with E-state index in [1.54, 1.807) is 16.8 Å². The van der Waals surface area contributed by atoms with Gasteiger partial charge in [0.15, 0.2) is 5.82 Å².